The van der Waals surface area contributed by atoms with E-state index in [1.807, 2.05) is 36.4 Å². The molecule has 1 aliphatic rings. The van der Waals surface area contributed by atoms with E-state index < -0.39 is 0 Å². The summed E-state index contributed by atoms with van der Waals surface area (Å²) in [4.78, 5) is 18.9. The van der Waals surface area contributed by atoms with Gasteiger partial charge in [-0.3, -0.25) is 4.79 Å². The van der Waals surface area contributed by atoms with Crippen LogP contribution in [-0.2, 0) is 11.2 Å². The lowest BCUT2D eigenvalue weighted by Crippen LogP contribution is -2.37. The third-order valence-corrected chi connectivity index (χ3v) is 4.88. The number of anilines is 1. The van der Waals surface area contributed by atoms with Crippen LogP contribution in [0.5, 0.6) is 5.75 Å². The third kappa shape index (κ3) is 4.72. The van der Waals surface area contributed by atoms with Crippen molar-refractivity contribution in [2.45, 2.75) is 25.3 Å². The van der Waals surface area contributed by atoms with Gasteiger partial charge in [0.05, 0.1) is 7.11 Å². The number of nitrogens with zero attached hydrogens (tertiary/aromatic N) is 2. The molecule has 1 amide bonds. The first-order valence-corrected chi connectivity index (χ1v) is 9.23. The van der Waals surface area contributed by atoms with Gasteiger partial charge in [0.25, 0.3) is 0 Å². The maximum Gasteiger partial charge on any atom is 0.220 e. The number of carbonyl (C=O) groups excluding carboxylic acids is 1. The number of nitrogens with one attached hydrogen (secondary N) is 1. The summed E-state index contributed by atoms with van der Waals surface area (Å²) in [7, 11) is 1.65. The van der Waals surface area contributed by atoms with Crippen LogP contribution in [0.15, 0.2) is 47.1 Å². The average Bonchev–Trinajstić information content (AvgIpc) is 3.09. The second-order valence-electron chi connectivity index (χ2n) is 6.14. The van der Waals surface area contributed by atoms with Crippen molar-refractivity contribution in [1.29, 1.82) is 0 Å². The van der Waals surface area contributed by atoms with Gasteiger partial charge in [0, 0.05) is 36.2 Å². The normalized spacial score (nSPS) is 16.7. The number of pyridine rings is 1. The lowest BCUT2D eigenvalue weighted by Gasteiger charge is -2.17. The van der Waals surface area contributed by atoms with Crippen LogP contribution in [0.3, 0.4) is 0 Å². The summed E-state index contributed by atoms with van der Waals surface area (Å²) < 4.78 is 6.35. The summed E-state index contributed by atoms with van der Waals surface area (Å²) >= 11 is 3.46. The molecule has 25 heavy (non-hydrogen) atoms. The molecule has 0 aliphatic carbocycles. The fourth-order valence-electron chi connectivity index (χ4n) is 3.12. The van der Waals surface area contributed by atoms with Crippen LogP contribution in [0.1, 0.15) is 18.4 Å². The zero-order chi connectivity index (χ0) is 17.6. The second-order valence-corrected chi connectivity index (χ2v) is 7.06. The zero-order valence-electron chi connectivity index (χ0n) is 14.2. The van der Waals surface area contributed by atoms with Crippen LogP contribution in [0.25, 0.3) is 0 Å². The van der Waals surface area contributed by atoms with Gasteiger partial charge in [-0.1, -0.05) is 22.0 Å². The number of hydrogen-bond acceptors (Lipinski definition) is 4. The van der Waals surface area contributed by atoms with Gasteiger partial charge in [-0.2, -0.15) is 0 Å². The Hall–Kier alpha value is -2.08. The number of carbonyl (C=O) groups is 1. The molecule has 1 atom stereocenters. The number of amides is 1. The van der Waals surface area contributed by atoms with E-state index in [1.165, 1.54) is 0 Å². The highest BCUT2D eigenvalue weighted by atomic mass is 79.9. The first kappa shape index (κ1) is 17.7. The summed E-state index contributed by atoms with van der Waals surface area (Å²) in [5, 5.41) is 3.14. The highest BCUT2D eigenvalue weighted by molar-refractivity contribution is 9.10. The van der Waals surface area contributed by atoms with Crippen molar-refractivity contribution in [3.05, 3.63) is 52.6 Å². The van der Waals surface area contributed by atoms with Gasteiger partial charge in [0.1, 0.15) is 11.6 Å². The number of aromatic nitrogens is 1. The molecular weight excluding hydrogens is 382 g/mol. The predicted octanol–water partition coefficient (Wildman–Crippen LogP) is 3.18. The van der Waals surface area contributed by atoms with E-state index in [0.717, 1.165) is 41.1 Å². The molecule has 3 rings (SSSR count). The van der Waals surface area contributed by atoms with E-state index in [2.05, 4.69) is 31.1 Å². The van der Waals surface area contributed by atoms with Crippen molar-refractivity contribution in [3.63, 3.8) is 0 Å². The summed E-state index contributed by atoms with van der Waals surface area (Å²) in [5.41, 5.74) is 1.04. The molecule has 0 bridgehead atoms. The lowest BCUT2D eigenvalue weighted by molar-refractivity contribution is -0.121. The minimum atomic E-state index is 0.0786. The first-order chi connectivity index (χ1) is 12.2. The zero-order valence-corrected chi connectivity index (χ0v) is 15.8. The highest BCUT2D eigenvalue weighted by Crippen LogP contribution is 2.24. The molecule has 5 nitrogen and oxygen atoms in total. The second kappa shape index (κ2) is 8.34. The number of rotatable bonds is 6. The van der Waals surface area contributed by atoms with Gasteiger partial charge in [0.15, 0.2) is 0 Å². The Balaban J connectivity index is 1.50. The molecule has 1 fully saturated rings. The molecule has 1 unspecified atom stereocenters. The van der Waals surface area contributed by atoms with E-state index in [-0.39, 0.29) is 11.9 Å². The van der Waals surface area contributed by atoms with Crippen molar-refractivity contribution >= 4 is 27.7 Å². The van der Waals surface area contributed by atoms with Crippen LogP contribution < -0.4 is 15.0 Å². The fraction of sp³-hybridized carbons (Fsp3) is 0.368. The molecule has 1 aromatic carbocycles. The van der Waals surface area contributed by atoms with Crippen LogP contribution in [-0.4, -0.2) is 37.1 Å². The topological polar surface area (TPSA) is 54.5 Å². The first-order valence-electron chi connectivity index (χ1n) is 8.43. The molecule has 0 saturated carbocycles. The van der Waals surface area contributed by atoms with Crippen LogP contribution in [0.2, 0.25) is 0 Å². The SMILES string of the molecule is COc1ccc(Br)cc1CCC(=O)NC1CCN(c2ccccn2)C1. The van der Waals surface area contributed by atoms with Crippen molar-refractivity contribution in [3.8, 4) is 5.75 Å². The van der Waals surface area contributed by atoms with Gasteiger partial charge < -0.3 is 15.0 Å². The van der Waals surface area contributed by atoms with E-state index in [9.17, 15) is 4.79 Å². The van der Waals surface area contributed by atoms with Crippen molar-refractivity contribution in [2.24, 2.45) is 0 Å². The molecule has 132 valence electrons. The van der Waals surface area contributed by atoms with Crippen molar-refractivity contribution in [2.75, 3.05) is 25.1 Å². The number of hydrogen-bond donors (Lipinski definition) is 1. The van der Waals surface area contributed by atoms with Gasteiger partial charge in [-0.05, 0) is 48.7 Å². The number of methoxy groups -OCH3 is 1. The molecule has 1 aliphatic heterocycles. The molecule has 1 aromatic heterocycles. The summed E-state index contributed by atoms with van der Waals surface area (Å²) in [6.45, 7) is 1.73. The van der Waals surface area contributed by atoms with Gasteiger partial charge >= 0.3 is 0 Å². The maximum absolute atomic E-state index is 12.3. The maximum atomic E-state index is 12.3. The Kier molecular flexibility index (Phi) is 5.91. The molecule has 0 spiro atoms. The largest absolute Gasteiger partial charge is 0.496 e. The van der Waals surface area contributed by atoms with E-state index in [0.29, 0.717) is 12.8 Å². The molecule has 2 heterocycles. The van der Waals surface area contributed by atoms with E-state index in [4.69, 9.17) is 4.74 Å². The van der Waals surface area contributed by atoms with Crippen molar-refractivity contribution in [1.82, 2.24) is 10.3 Å². The van der Waals surface area contributed by atoms with Crippen LogP contribution in [0.4, 0.5) is 5.82 Å². The minimum Gasteiger partial charge on any atom is -0.496 e. The number of halogens is 1. The predicted molar refractivity (Wildman–Crippen MR) is 102 cm³/mol. The monoisotopic (exact) mass is 403 g/mol. The minimum absolute atomic E-state index is 0.0786. The molecule has 2 aromatic rings. The molecule has 1 N–H and O–H groups in total. The standard InChI is InChI=1S/C19H22BrN3O2/c1-25-17-7-6-15(20)12-14(17)5-8-19(24)22-16-9-11-23(13-16)18-4-2-3-10-21-18/h2-4,6-7,10,12,16H,5,8-9,11,13H2,1H3,(H,22,24). The Labute approximate surface area is 156 Å². The van der Waals surface area contributed by atoms with Gasteiger partial charge in [0.2, 0.25) is 5.91 Å². The van der Waals surface area contributed by atoms with Gasteiger partial charge in [-0.15, -0.1) is 0 Å². The highest BCUT2D eigenvalue weighted by Gasteiger charge is 2.24. The number of ether oxygens (including phenoxy) is 1. The Bertz CT molecular complexity index is 724. The number of benzene rings is 1. The molecule has 0 radical (unpaired) electrons. The van der Waals surface area contributed by atoms with Gasteiger partial charge in [-0.25, -0.2) is 4.98 Å². The summed E-state index contributed by atoms with van der Waals surface area (Å²) in [6, 6.07) is 11.9. The summed E-state index contributed by atoms with van der Waals surface area (Å²) in [5.74, 6) is 1.87. The van der Waals surface area contributed by atoms with Crippen LogP contribution >= 0.6 is 15.9 Å². The molecule has 1 saturated heterocycles. The Morgan fingerprint density at radius 3 is 3.04 bits per heavy atom. The summed E-state index contributed by atoms with van der Waals surface area (Å²) in [6.07, 6.45) is 3.85. The lowest BCUT2D eigenvalue weighted by atomic mass is 10.1. The Morgan fingerprint density at radius 1 is 1.40 bits per heavy atom. The third-order valence-electron chi connectivity index (χ3n) is 4.39. The molecule has 6 heteroatoms. The quantitative estimate of drug-likeness (QED) is 0.804. The van der Waals surface area contributed by atoms with E-state index in [1.54, 1.807) is 13.3 Å². The van der Waals surface area contributed by atoms with E-state index >= 15 is 0 Å². The van der Waals surface area contributed by atoms with Crippen LogP contribution in [0, 0.1) is 0 Å². The average molecular weight is 404 g/mol. The smallest absolute Gasteiger partial charge is 0.220 e. The fourth-order valence-corrected chi connectivity index (χ4v) is 3.53. The number of aryl methyl sites for hydroxylation is 1. The van der Waals surface area contributed by atoms with Crippen molar-refractivity contribution < 1.29 is 9.53 Å². The Morgan fingerprint density at radius 2 is 2.28 bits per heavy atom. The molecular formula is C19H22BrN3O2.